The van der Waals surface area contributed by atoms with Gasteiger partial charge >= 0.3 is 0 Å². The molecule has 0 fully saturated rings. The minimum absolute atomic E-state index is 0.152. The van der Waals surface area contributed by atoms with Crippen LogP contribution in [-0.2, 0) is 11.3 Å². The summed E-state index contributed by atoms with van der Waals surface area (Å²) < 4.78 is 7.09. The maximum absolute atomic E-state index is 11.8. The van der Waals surface area contributed by atoms with Crippen LogP contribution in [-0.4, -0.2) is 22.2 Å². The third-order valence-corrected chi connectivity index (χ3v) is 4.01. The van der Waals surface area contributed by atoms with Crippen LogP contribution >= 0.6 is 0 Å². The minimum Gasteiger partial charge on any atom is -0.465 e. The van der Waals surface area contributed by atoms with Crippen molar-refractivity contribution in [3.8, 4) is 11.1 Å². The van der Waals surface area contributed by atoms with Crippen molar-refractivity contribution in [1.29, 1.82) is 0 Å². The van der Waals surface area contributed by atoms with E-state index in [1.165, 1.54) is 6.08 Å². The number of furan rings is 1. The summed E-state index contributed by atoms with van der Waals surface area (Å²) in [5.41, 5.74) is 4.41. The Bertz CT molecular complexity index is 862. The second kappa shape index (κ2) is 7.66. The van der Waals surface area contributed by atoms with Crippen molar-refractivity contribution in [1.82, 2.24) is 15.1 Å². The highest BCUT2D eigenvalue weighted by molar-refractivity contribution is 5.91. The first-order chi connectivity index (χ1) is 12.1. The molecule has 5 nitrogen and oxygen atoms in total. The molecule has 0 atom stereocenters. The van der Waals surface area contributed by atoms with E-state index in [0.29, 0.717) is 18.8 Å². The normalized spacial score (nSPS) is 11.1. The molecule has 1 N–H and O–H groups in total. The van der Waals surface area contributed by atoms with Crippen LogP contribution in [0.15, 0.2) is 59.2 Å². The van der Waals surface area contributed by atoms with Gasteiger partial charge in [-0.05, 0) is 37.6 Å². The second-order valence-corrected chi connectivity index (χ2v) is 5.77. The number of aryl methyl sites for hydroxylation is 1. The van der Waals surface area contributed by atoms with Gasteiger partial charge in [0.1, 0.15) is 5.76 Å². The number of nitrogens with zero attached hydrogens (tertiary/aromatic N) is 2. The van der Waals surface area contributed by atoms with Gasteiger partial charge in [-0.15, -0.1) is 0 Å². The molecule has 0 saturated carbocycles. The zero-order chi connectivity index (χ0) is 17.6. The van der Waals surface area contributed by atoms with Gasteiger partial charge in [-0.25, -0.2) is 0 Å². The Kier molecular flexibility index (Phi) is 5.14. The smallest absolute Gasteiger partial charge is 0.244 e. The average Bonchev–Trinajstić information content (AvgIpc) is 3.22. The number of nitrogens with one attached hydrogen (secondary N) is 1. The summed E-state index contributed by atoms with van der Waals surface area (Å²) in [6, 6.07) is 13.8. The van der Waals surface area contributed by atoms with Gasteiger partial charge < -0.3 is 9.73 Å². The first-order valence-electron chi connectivity index (χ1n) is 8.24. The number of amides is 1. The van der Waals surface area contributed by atoms with Crippen molar-refractivity contribution in [2.45, 2.75) is 20.4 Å². The van der Waals surface area contributed by atoms with Crippen LogP contribution in [0.1, 0.15) is 17.1 Å². The molecule has 1 amide bonds. The predicted molar refractivity (Wildman–Crippen MR) is 97.9 cm³/mol. The Labute approximate surface area is 147 Å². The van der Waals surface area contributed by atoms with Crippen molar-refractivity contribution in [2.75, 3.05) is 6.54 Å². The van der Waals surface area contributed by atoms with Crippen LogP contribution in [0.5, 0.6) is 0 Å². The van der Waals surface area contributed by atoms with Crippen molar-refractivity contribution in [3.05, 3.63) is 72.0 Å². The van der Waals surface area contributed by atoms with Crippen molar-refractivity contribution in [3.63, 3.8) is 0 Å². The lowest BCUT2D eigenvalue weighted by molar-refractivity contribution is -0.116. The third kappa shape index (κ3) is 4.07. The molecule has 0 bridgehead atoms. The maximum atomic E-state index is 11.8. The molecule has 0 spiro atoms. The molecule has 128 valence electrons. The summed E-state index contributed by atoms with van der Waals surface area (Å²) in [4.78, 5) is 11.8. The average molecular weight is 335 g/mol. The van der Waals surface area contributed by atoms with Gasteiger partial charge in [0.05, 0.1) is 18.5 Å². The van der Waals surface area contributed by atoms with Crippen molar-refractivity contribution >= 4 is 12.0 Å². The van der Waals surface area contributed by atoms with Crippen LogP contribution in [0, 0.1) is 13.8 Å². The van der Waals surface area contributed by atoms with E-state index < -0.39 is 0 Å². The first kappa shape index (κ1) is 16.8. The van der Waals surface area contributed by atoms with Crippen LogP contribution in [0.4, 0.5) is 0 Å². The summed E-state index contributed by atoms with van der Waals surface area (Å²) >= 11 is 0. The summed E-state index contributed by atoms with van der Waals surface area (Å²) in [5, 5.41) is 7.46. The van der Waals surface area contributed by atoms with Gasteiger partial charge in [-0.2, -0.15) is 5.10 Å². The Hall–Kier alpha value is -3.08. The standard InChI is InChI=1S/C20H21N3O2/c1-15-20(17-7-4-3-5-8-17)16(2)23(22-15)13-12-21-19(24)11-10-18-9-6-14-25-18/h3-11,14H,12-13H2,1-2H3,(H,21,24)/b11-10+. The molecule has 1 aromatic carbocycles. The van der Waals surface area contributed by atoms with E-state index in [4.69, 9.17) is 4.42 Å². The number of carbonyl (C=O) groups is 1. The van der Waals surface area contributed by atoms with Crippen molar-refractivity contribution < 1.29 is 9.21 Å². The molecule has 0 unspecified atom stereocenters. The number of hydrogen-bond donors (Lipinski definition) is 1. The van der Waals surface area contributed by atoms with Gasteiger partial charge in [0, 0.05) is 23.9 Å². The van der Waals surface area contributed by atoms with Gasteiger partial charge in [-0.1, -0.05) is 30.3 Å². The molecule has 0 aliphatic rings. The van der Waals surface area contributed by atoms with Crippen molar-refractivity contribution in [2.24, 2.45) is 0 Å². The summed E-state index contributed by atoms with van der Waals surface area (Å²) in [6.45, 7) is 5.20. The van der Waals surface area contributed by atoms with Crippen LogP contribution in [0.2, 0.25) is 0 Å². The van der Waals surface area contributed by atoms with E-state index in [2.05, 4.69) is 29.5 Å². The number of rotatable bonds is 6. The Morgan fingerprint density at radius 3 is 2.72 bits per heavy atom. The molecule has 25 heavy (non-hydrogen) atoms. The molecule has 0 radical (unpaired) electrons. The van der Waals surface area contributed by atoms with Gasteiger partial charge in [0.25, 0.3) is 0 Å². The number of benzene rings is 1. The number of hydrogen-bond acceptors (Lipinski definition) is 3. The predicted octanol–water partition coefficient (Wildman–Crippen LogP) is 3.59. The maximum Gasteiger partial charge on any atom is 0.244 e. The van der Waals surface area contributed by atoms with Gasteiger partial charge in [0.15, 0.2) is 0 Å². The molecule has 5 heteroatoms. The van der Waals surface area contributed by atoms with Gasteiger partial charge in [0.2, 0.25) is 5.91 Å². The fourth-order valence-electron chi connectivity index (χ4n) is 2.83. The second-order valence-electron chi connectivity index (χ2n) is 5.77. The lowest BCUT2D eigenvalue weighted by Gasteiger charge is -2.06. The Morgan fingerprint density at radius 1 is 1.20 bits per heavy atom. The highest BCUT2D eigenvalue weighted by atomic mass is 16.3. The number of carbonyl (C=O) groups excluding carboxylic acids is 1. The fourth-order valence-corrected chi connectivity index (χ4v) is 2.83. The zero-order valence-electron chi connectivity index (χ0n) is 14.4. The molecule has 3 aromatic rings. The van der Waals surface area contributed by atoms with Crippen LogP contribution in [0.25, 0.3) is 17.2 Å². The van der Waals surface area contributed by atoms with Crippen LogP contribution < -0.4 is 5.32 Å². The summed E-state index contributed by atoms with van der Waals surface area (Å²) in [5.74, 6) is 0.502. The first-order valence-corrected chi connectivity index (χ1v) is 8.24. The Balaban J connectivity index is 1.60. The molecular formula is C20H21N3O2. The summed E-state index contributed by atoms with van der Waals surface area (Å²) in [7, 11) is 0. The largest absolute Gasteiger partial charge is 0.465 e. The lowest BCUT2D eigenvalue weighted by Crippen LogP contribution is -2.26. The molecule has 0 aliphatic carbocycles. The van der Waals surface area contributed by atoms with E-state index >= 15 is 0 Å². The monoisotopic (exact) mass is 335 g/mol. The molecule has 2 heterocycles. The highest BCUT2D eigenvalue weighted by Crippen LogP contribution is 2.26. The SMILES string of the molecule is Cc1nn(CCNC(=O)/C=C/c2ccco2)c(C)c1-c1ccccc1. The molecule has 0 saturated heterocycles. The lowest BCUT2D eigenvalue weighted by atomic mass is 10.0. The van der Waals surface area contributed by atoms with Gasteiger partial charge in [-0.3, -0.25) is 9.48 Å². The molecule has 3 rings (SSSR count). The Morgan fingerprint density at radius 2 is 2.00 bits per heavy atom. The highest BCUT2D eigenvalue weighted by Gasteiger charge is 2.12. The van der Waals surface area contributed by atoms with E-state index in [0.717, 1.165) is 22.5 Å². The molecule has 0 aliphatic heterocycles. The van der Waals surface area contributed by atoms with Crippen LogP contribution in [0.3, 0.4) is 0 Å². The molecule has 2 aromatic heterocycles. The van der Waals surface area contributed by atoms with E-state index in [1.54, 1.807) is 24.5 Å². The van der Waals surface area contributed by atoms with E-state index in [1.807, 2.05) is 29.8 Å². The zero-order valence-corrected chi connectivity index (χ0v) is 14.4. The fraction of sp³-hybridized carbons (Fsp3) is 0.200. The number of aromatic nitrogens is 2. The quantitative estimate of drug-likeness (QED) is 0.700. The van der Waals surface area contributed by atoms with E-state index in [9.17, 15) is 4.79 Å². The van der Waals surface area contributed by atoms with E-state index in [-0.39, 0.29) is 5.91 Å². The third-order valence-electron chi connectivity index (χ3n) is 4.01. The topological polar surface area (TPSA) is 60.1 Å². The summed E-state index contributed by atoms with van der Waals surface area (Å²) in [6.07, 6.45) is 4.69. The minimum atomic E-state index is -0.152. The molecular weight excluding hydrogens is 314 g/mol.